The van der Waals surface area contributed by atoms with Crippen molar-refractivity contribution in [1.82, 2.24) is 4.72 Å². The number of nitriles is 1. The minimum atomic E-state index is -4.02. The van der Waals surface area contributed by atoms with Crippen LogP contribution in [0.4, 0.5) is 15.8 Å². The van der Waals surface area contributed by atoms with E-state index in [9.17, 15) is 12.8 Å². The summed E-state index contributed by atoms with van der Waals surface area (Å²) < 4.78 is 39.7. The van der Waals surface area contributed by atoms with E-state index in [1.807, 2.05) is 4.72 Å². The lowest BCUT2D eigenvalue weighted by molar-refractivity contribution is 0.561. The second kappa shape index (κ2) is 7.03. The van der Waals surface area contributed by atoms with Crippen molar-refractivity contribution in [3.05, 3.63) is 17.9 Å². The van der Waals surface area contributed by atoms with Crippen LogP contribution in [0.15, 0.2) is 22.1 Å². The van der Waals surface area contributed by atoms with Gasteiger partial charge in [0, 0.05) is 20.2 Å². The standard InChI is InChI=1S/C12H16FN7O2S/c1-17-23(21,22)11-5-8(10(20(2)3)4-7(11)13)18-19-9(6-14)12(15)16/h4-5,17-18H,1-3H3,(H3,15,16)/b19-9+. The quantitative estimate of drug-likeness (QED) is 0.326. The maximum absolute atomic E-state index is 14.1. The van der Waals surface area contributed by atoms with Gasteiger partial charge in [-0.1, -0.05) is 0 Å². The molecule has 0 aliphatic heterocycles. The first-order chi connectivity index (χ1) is 10.6. The molecular weight excluding hydrogens is 325 g/mol. The number of halogens is 1. The number of nitrogens with two attached hydrogens (primary N) is 1. The first-order valence-corrected chi connectivity index (χ1v) is 7.65. The second-order valence-electron chi connectivity index (χ2n) is 4.50. The van der Waals surface area contributed by atoms with Crippen molar-refractivity contribution in [2.45, 2.75) is 4.90 Å². The molecule has 0 spiro atoms. The largest absolute Gasteiger partial charge is 0.382 e. The van der Waals surface area contributed by atoms with Crippen LogP contribution in [0.3, 0.4) is 0 Å². The number of nitrogens with zero attached hydrogens (tertiary/aromatic N) is 3. The molecular formula is C12H16FN7O2S. The molecule has 0 saturated carbocycles. The molecule has 0 heterocycles. The zero-order valence-corrected chi connectivity index (χ0v) is 13.5. The van der Waals surface area contributed by atoms with Gasteiger partial charge in [-0.2, -0.15) is 10.4 Å². The summed E-state index contributed by atoms with van der Waals surface area (Å²) in [7, 11) is 0.372. The van der Waals surface area contributed by atoms with E-state index in [1.165, 1.54) is 4.90 Å². The lowest BCUT2D eigenvalue weighted by Crippen LogP contribution is -2.23. The molecule has 1 aromatic rings. The van der Waals surface area contributed by atoms with Gasteiger partial charge >= 0.3 is 0 Å². The Hall–Kier alpha value is -2.71. The van der Waals surface area contributed by atoms with Gasteiger partial charge in [0.25, 0.3) is 0 Å². The Morgan fingerprint density at radius 2 is 2.09 bits per heavy atom. The van der Waals surface area contributed by atoms with Crippen molar-refractivity contribution in [3.8, 4) is 6.07 Å². The Morgan fingerprint density at radius 1 is 1.48 bits per heavy atom. The number of sulfonamides is 1. The van der Waals surface area contributed by atoms with Crippen molar-refractivity contribution in [1.29, 1.82) is 10.7 Å². The van der Waals surface area contributed by atoms with Crippen LogP contribution in [0.1, 0.15) is 0 Å². The summed E-state index contributed by atoms with van der Waals surface area (Å²) in [5.41, 5.74) is 7.63. The van der Waals surface area contributed by atoms with E-state index in [-0.39, 0.29) is 5.69 Å². The van der Waals surface area contributed by atoms with Gasteiger partial charge < -0.3 is 10.6 Å². The number of nitrogens with one attached hydrogen (secondary N) is 3. The highest BCUT2D eigenvalue weighted by Gasteiger charge is 2.21. The fraction of sp³-hybridized carbons (Fsp3) is 0.250. The molecule has 0 radical (unpaired) electrons. The molecule has 0 fully saturated rings. The summed E-state index contributed by atoms with van der Waals surface area (Å²) in [6.45, 7) is 0. The molecule has 0 atom stereocenters. The van der Waals surface area contributed by atoms with Crippen LogP contribution >= 0.6 is 0 Å². The molecule has 0 saturated heterocycles. The second-order valence-corrected chi connectivity index (χ2v) is 6.35. The summed E-state index contributed by atoms with van der Waals surface area (Å²) >= 11 is 0. The Bertz CT molecular complexity index is 796. The molecule has 0 bridgehead atoms. The van der Waals surface area contributed by atoms with E-state index in [4.69, 9.17) is 16.4 Å². The Labute approximate surface area is 133 Å². The molecule has 23 heavy (non-hydrogen) atoms. The minimum Gasteiger partial charge on any atom is -0.382 e. The SMILES string of the molecule is CNS(=O)(=O)c1cc(N/N=C(\C#N)C(=N)N)c(N(C)C)cc1F. The van der Waals surface area contributed by atoms with Gasteiger partial charge in [-0.3, -0.25) is 10.8 Å². The first-order valence-electron chi connectivity index (χ1n) is 6.16. The monoisotopic (exact) mass is 341 g/mol. The van der Waals surface area contributed by atoms with Crippen molar-refractivity contribution >= 4 is 32.9 Å². The zero-order chi connectivity index (χ0) is 17.8. The number of anilines is 2. The number of hydrogen-bond donors (Lipinski definition) is 4. The zero-order valence-electron chi connectivity index (χ0n) is 12.7. The predicted molar refractivity (Wildman–Crippen MR) is 85.6 cm³/mol. The molecule has 9 nitrogen and oxygen atoms in total. The number of hydrazone groups is 1. The van der Waals surface area contributed by atoms with Crippen molar-refractivity contribution < 1.29 is 12.8 Å². The summed E-state index contributed by atoms with van der Waals surface area (Å²) in [6, 6.07) is 3.66. The van der Waals surface area contributed by atoms with Gasteiger partial charge in [-0.25, -0.2) is 17.5 Å². The van der Waals surface area contributed by atoms with Crippen LogP contribution in [-0.4, -0.2) is 41.1 Å². The highest BCUT2D eigenvalue weighted by Crippen LogP contribution is 2.30. The average Bonchev–Trinajstić information content (AvgIpc) is 2.47. The van der Waals surface area contributed by atoms with Gasteiger partial charge in [0.05, 0.1) is 11.4 Å². The first kappa shape index (κ1) is 18.3. The van der Waals surface area contributed by atoms with Crippen LogP contribution in [0.25, 0.3) is 0 Å². The summed E-state index contributed by atoms with van der Waals surface area (Å²) in [4.78, 5) is 0.945. The normalized spacial score (nSPS) is 11.7. The topological polar surface area (TPSA) is 147 Å². The van der Waals surface area contributed by atoms with Crippen LogP contribution in [0, 0.1) is 22.6 Å². The minimum absolute atomic E-state index is 0.124. The Balaban J connectivity index is 3.48. The van der Waals surface area contributed by atoms with E-state index < -0.39 is 32.3 Å². The number of amidine groups is 1. The molecule has 1 aromatic carbocycles. The average molecular weight is 341 g/mol. The number of rotatable bonds is 6. The molecule has 0 amide bonds. The highest BCUT2D eigenvalue weighted by atomic mass is 32.2. The fourth-order valence-corrected chi connectivity index (χ4v) is 2.39. The van der Waals surface area contributed by atoms with Crippen LogP contribution in [0.5, 0.6) is 0 Å². The lowest BCUT2D eigenvalue weighted by Gasteiger charge is -2.18. The van der Waals surface area contributed by atoms with Crippen LogP contribution in [-0.2, 0) is 10.0 Å². The van der Waals surface area contributed by atoms with Crippen LogP contribution < -0.4 is 20.8 Å². The Morgan fingerprint density at radius 3 is 2.52 bits per heavy atom. The lowest BCUT2D eigenvalue weighted by atomic mass is 10.2. The van der Waals surface area contributed by atoms with Gasteiger partial charge in [-0.15, -0.1) is 0 Å². The van der Waals surface area contributed by atoms with Crippen molar-refractivity contribution in [2.75, 3.05) is 31.5 Å². The van der Waals surface area contributed by atoms with E-state index >= 15 is 0 Å². The third-order valence-electron chi connectivity index (χ3n) is 2.74. The molecule has 5 N–H and O–H groups in total. The fourth-order valence-electron chi connectivity index (χ4n) is 1.58. The van der Waals surface area contributed by atoms with Gasteiger partial charge in [-0.05, 0) is 13.1 Å². The molecule has 11 heteroatoms. The van der Waals surface area contributed by atoms with E-state index in [0.717, 1.165) is 19.2 Å². The van der Waals surface area contributed by atoms with Gasteiger partial charge in [0.2, 0.25) is 15.7 Å². The van der Waals surface area contributed by atoms with Gasteiger partial charge in [0.15, 0.2) is 5.84 Å². The molecule has 124 valence electrons. The molecule has 0 aliphatic carbocycles. The van der Waals surface area contributed by atoms with E-state index in [0.29, 0.717) is 5.69 Å². The highest BCUT2D eigenvalue weighted by molar-refractivity contribution is 7.89. The van der Waals surface area contributed by atoms with Crippen molar-refractivity contribution in [2.24, 2.45) is 10.8 Å². The number of hydrogen-bond acceptors (Lipinski definition) is 7. The predicted octanol–water partition coefficient (Wildman–Crippen LogP) is 0.0272. The third kappa shape index (κ3) is 4.15. The summed E-state index contributed by atoms with van der Waals surface area (Å²) in [6.07, 6.45) is 0. The van der Waals surface area contributed by atoms with E-state index in [1.54, 1.807) is 20.2 Å². The summed E-state index contributed by atoms with van der Waals surface area (Å²) in [5.74, 6) is -1.50. The Kier molecular flexibility index (Phi) is 5.61. The summed E-state index contributed by atoms with van der Waals surface area (Å²) in [5, 5.41) is 19.6. The van der Waals surface area contributed by atoms with Crippen molar-refractivity contribution in [3.63, 3.8) is 0 Å². The third-order valence-corrected chi connectivity index (χ3v) is 4.17. The smallest absolute Gasteiger partial charge is 0.243 e. The maximum Gasteiger partial charge on any atom is 0.243 e. The molecule has 0 aromatic heterocycles. The maximum atomic E-state index is 14.1. The van der Waals surface area contributed by atoms with E-state index in [2.05, 4.69) is 10.5 Å². The van der Waals surface area contributed by atoms with Crippen LogP contribution in [0.2, 0.25) is 0 Å². The van der Waals surface area contributed by atoms with Gasteiger partial charge in [0.1, 0.15) is 16.8 Å². The molecule has 1 rings (SSSR count). The molecule has 0 unspecified atom stereocenters. The number of benzene rings is 1. The molecule has 0 aliphatic rings.